The third kappa shape index (κ3) is 3.77. The molecule has 0 bridgehead atoms. The van der Waals surface area contributed by atoms with Crippen LogP contribution in [0.5, 0.6) is 0 Å². The molecule has 0 radical (unpaired) electrons. The molecule has 2 unspecified atom stereocenters. The van der Waals surface area contributed by atoms with Crippen LogP contribution in [0.2, 0.25) is 0 Å². The second kappa shape index (κ2) is 6.99. The van der Waals surface area contributed by atoms with Crippen molar-refractivity contribution < 1.29 is 61.5 Å². The van der Waals surface area contributed by atoms with Crippen molar-refractivity contribution >= 4 is 11.6 Å². The van der Waals surface area contributed by atoms with E-state index in [4.69, 9.17) is 0 Å². The van der Waals surface area contributed by atoms with Gasteiger partial charge in [-0.1, -0.05) is 11.6 Å². The molecule has 150 valence electrons. The number of hydrogen-bond donors (Lipinski definition) is 0. The summed E-state index contributed by atoms with van der Waals surface area (Å²) < 4.78 is 179. The van der Waals surface area contributed by atoms with Crippen molar-refractivity contribution in [3.05, 3.63) is 11.9 Å². The molecule has 0 rings (SSSR count). The highest BCUT2D eigenvalue weighted by molar-refractivity contribution is 6.25. The molecule has 0 aliphatic heterocycles. The van der Waals surface area contributed by atoms with Gasteiger partial charge in [-0.2, -0.15) is 35.1 Å². The molecule has 0 aromatic carbocycles. The van der Waals surface area contributed by atoms with Crippen LogP contribution < -0.4 is 0 Å². The first-order valence-corrected chi connectivity index (χ1v) is 6.00. The number of hydrogen-bond acceptors (Lipinski definition) is 0. The zero-order chi connectivity index (χ0) is 20.6. The first-order chi connectivity index (χ1) is 10.8. The van der Waals surface area contributed by atoms with Crippen molar-refractivity contribution in [3.8, 4) is 0 Å². The molecule has 0 spiro atoms. The van der Waals surface area contributed by atoms with Crippen LogP contribution in [0.3, 0.4) is 0 Å². The maximum atomic E-state index is 13.2. The van der Waals surface area contributed by atoms with Gasteiger partial charge in [0, 0.05) is 6.42 Å². The maximum Gasteiger partial charge on any atom is 0.380 e. The molecule has 15 heteroatoms. The normalized spacial score (nSPS) is 17.9. The SMILES string of the molecule is FCCC(F)(F)C(F)C(F)(F)C(F)(F)C(F)(F)C(F)(Cl)C(F)=C(F)F. The molecular formula is C10H5ClF14. The van der Waals surface area contributed by atoms with E-state index in [0.717, 1.165) is 0 Å². The van der Waals surface area contributed by atoms with Gasteiger partial charge in [0.15, 0.2) is 0 Å². The average molecular weight is 427 g/mol. The summed E-state index contributed by atoms with van der Waals surface area (Å²) in [6, 6.07) is 0. The lowest BCUT2D eigenvalue weighted by Crippen LogP contribution is -2.66. The Morgan fingerprint density at radius 2 is 1.20 bits per heavy atom. The second-order valence-electron chi connectivity index (χ2n) is 4.48. The topological polar surface area (TPSA) is 0 Å². The Morgan fingerprint density at radius 1 is 0.800 bits per heavy atom. The molecule has 0 N–H and O–H groups in total. The van der Waals surface area contributed by atoms with Crippen LogP contribution in [0.25, 0.3) is 0 Å². The zero-order valence-electron chi connectivity index (χ0n) is 11.2. The van der Waals surface area contributed by atoms with Crippen LogP contribution in [0.1, 0.15) is 6.42 Å². The first-order valence-electron chi connectivity index (χ1n) is 5.62. The van der Waals surface area contributed by atoms with Crippen LogP contribution in [0.15, 0.2) is 11.9 Å². The zero-order valence-corrected chi connectivity index (χ0v) is 11.9. The van der Waals surface area contributed by atoms with E-state index in [-0.39, 0.29) is 0 Å². The average Bonchev–Trinajstić information content (AvgIpc) is 2.44. The highest BCUT2D eigenvalue weighted by Gasteiger charge is 2.84. The van der Waals surface area contributed by atoms with Crippen LogP contribution in [-0.2, 0) is 0 Å². The lowest BCUT2D eigenvalue weighted by Gasteiger charge is -2.39. The molecule has 0 aromatic rings. The summed E-state index contributed by atoms with van der Waals surface area (Å²) in [4.78, 5) is 0. The summed E-state index contributed by atoms with van der Waals surface area (Å²) >= 11 is 3.83. The predicted molar refractivity (Wildman–Crippen MR) is 55.3 cm³/mol. The molecule has 0 nitrogen and oxygen atoms in total. The summed E-state index contributed by atoms with van der Waals surface area (Å²) in [5.41, 5.74) is 0. The Labute approximate surface area is 134 Å². The van der Waals surface area contributed by atoms with Gasteiger partial charge in [-0.05, 0) is 0 Å². The van der Waals surface area contributed by atoms with Gasteiger partial charge in [0.2, 0.25) is 12.0 Å². The molecule has 0 aromatic heterocycles. The second-order valence-corrected chi connectivity index (χ2v) is 5.00. The fourth-order valence-corrected chi connectivity index (χ4v) is 1.53. The molecular weight excluding hydrogens is 422 g/mol. The van der Waals surface area contributed by atoms with Crippen molar-refractivity contribution in [2.24, 2.45) is 0 Å². The number of alkyl halides is 12. The van der Waals surface area contributed by atoms with Crippen molar-refractivity contribution in [3.63, 3.8) is 0 Å². The molecule has 0 saturated heterocycles. The summed E-state index contributed by atoms with van der Waals surface area (Å²) in [6.45, 7) is -2.25. The summed E-state index contributed by atoms with van der Waals surface area (Å²) in [5, 5.41) is -6.34. The van der Waals surface area contributed by atoms with E-state index >= 15 is 0 Å². The van der Waals surface area contributed by atoms with Crippen molar-refractivity contribution in [1.29, 1.82) is 0 Å². The molecule has 25 heavy (non-hydrogen) atoms. The lowest BCUT2D eigenvalue weighted by atomic mass is 9.92. The quantitative estimate of drug-likeness (QED) is 0.320. The fourth-order valence-electron chi connectivity index (χ4n) is 1.34. The summed E-state index contributed by atoms with van der Waals surface area (Å²) in [7, 11) is 0. The van der Waals surface area contributed by atoms with E-state index < -0.39 is 60.0 Å². The van der Waals surface area contributed by atoms with Crippen molar-refractivity contribution in [2.75, 3.05) is 6.67 Å². The molecule has 0 amide bonds. The maximum absolute atomic E-state index is 13.2. The number of allylic oxidation sites excluding steroid dienone is 1. The van der Waals surface area contributed by atoms with E-state index in [9.17, 15) is 61.5 Å². The molecule has 2 atom stereocenters. The van der Waals surface area contributed by atoms with Gasteiger partial charge in [0.1, 0.15) is 0 Å². The van der Waals surface area contributed by atoms with E-state index in [1.165, 1.54) is 0 Å². The third-order valence-corrected chi connectivity index (χ3v) is 3.17. The standard InChI is InChI=1S/C10H5ClF14/c11-7(19,3(13)4(14)15)9(22,23)10(24,25)8(20,21)5(16)6(17,18)1-2-12/h5H,1-2H2. The van der Waals surface area contributed by atoms with Crippen molar-refractivity contribution in [2.45, 2.75) is 41.4 Å². The van der Waals surface area contributed by atoms with Crippen LogP contribution >= 0.6 is 11.6 Å². The first kappa shape index (κ1) is 24.1. The smallest absolute Gasteiger partial charge is 0.251 e. The molecule has 0 aliphatic rings. The van der Waals surface area contributed by atoms with E-state index in [2.05, 4.69) is 11.6 Å². The van der Waals surface area contributed by atoms with Crippen molar-refractivity contribution in [1.82, 2.24) is 0 Å². The summed E-state index contributed by atoms with van der Waals surface area (Å²) in [5.74, 6) is -31.8. The van der Waals surface area contributed by atoms with Gasteiger partial charge in [-0.25, -0.2) is 22.0 Å². The van der Waals surface area contributed by atoms with Gasteiger partial charge in [-0.3, -0.25) is 4.39 Å². The Kier molecular flexibility index (Phi) is 6.72. The van der Waals surface area contributed by atoms with E-state index in [0.29, 0.717) is 0 Å². The highest BCUT2D eigenvalue weighted by Crippen LogP contribution is 2.58. The van der Waals surface area contributed by atoms with Gasteiger partial charge < -0.3 is 0 Å². The van der Waals surface area contributed by atoms with Gasteiger partial charge in [0.25, 0.3) is 5.92 Å². The van der Waals surface area contributed by atoms with E-state index in [1.54, 1.807) is 0 Å². The molecule has 0 fully saturated rings. The van der Waals surface area contributed by atoms with E-state index in [1.807, 2.05) is 0 Å². The number of rotatable bonds is 8. The largest absolute Gasteiger partial charge is 0.380 e. The monoisotopic (exact) mass is 426 g/mol. The Balaban J connectivity index is 6.22. The van der Waals surface area contributed by atoms with Gasteiger partial charge in [0.05, 0.1) is 6.67 Å². The minimum Gasteiger partial charge on any atom is -0.251 e. The molecule has 0 saturated carbocycles. The predicted octanol–water partition coefficient (Wildman–Crippen LogP) is 6.21. The van der Waals surface area contributed by atoms with Gasteiger partial charge in [-0.15, -0.1) is 0 Å². The van der Waals surface area contributed by atoms with Crippen LogP contribution in [0.4, 0.5) is 61.5 Å². The summed E-state index contributed by atoms with van der Waals surface area (Å²) in [6.07, 6.45) is -12.0. The third-order valence-electron chi connectivity index (χ3n) is 2.77. The molecule has 0 heterocycles. The Hall–Kier alpha value is -0.950. The van der Waals surface area contributed by atoms with Crippen LogP contribution in [-0.4, -0.2) is 41.7 Å². The lowest BCUT2D eigenvalue weighted by molar-refractivity contribution is -0.357. The van der Waals surface area contributed by atoms with Crippen LogP contribution in [0, 0.1) is 0 Å². The molecule has 0 aliphatic carbocycles. The number of halogens is 15. The fraction of sp³-hybridized carbons (Fsp3) is 0.800. The minimum atomic E-state index is -7.54. The van der Waals surface area contributed by atoms with Gasteiger partial charge >= 0.3 is 29.0 Å². The highest BCUT2D eigenvalue weighted by atomic mass is 35.5. The Bertz CT molecular complexity index is 506. The minimum absolute atomic E-state index is 2.25. The Morgan fingerprint density at radius 3 is 1.52 bits per heavy atom.